The molecule has 1 aliphatic carbocycles. The third-order valence-corrected chi connectivity index (χ3v) is 6.14. The summed E-state index contributed by atoms with van der Waals surface area (Å²) in [5.41, 5.74) is 0.881. The Morgan fingerprint density at radius 3 is 2.26 bits per heavy atom. The number of carbonyl (C=O) groups excluding carboxylic acids is 2. The van der Waals surface area contributed by atoms with Crippen LogP contribution in [-0.4, -0.2) is 38.9 Å². The fraction of sp³-hybridized carbons (Fsp3) is 0.579. The second-order valence-electron chi connectivity index (χ2n) is 7.23. The van der Waals surface area contributed by atoms with Crippen molar-refractivity contribution in [3.05, 3.63) is 29.8 Å². The molecule has 2 amide bonds. The molecule has 2 rings (SSSR count). The summed E-state index contributed by atoms with van der Waals surface area (Å²) in [6.07, 6.45) is 5.74. The van der Waals surface area contributed by atoms with Gasteiger partial charge in [-0.3, -0.25) is 9.59 Å². The van der Waals surface area contributed by atoms with Gasteiger partial charge in [0, 0.05) is 18.6 Å². The van der Waals surface area contributed by atoms with Gasteiger partial charge in [0.15, 0.2) is 0 Å². The number of sulfonamides is 1. The van der Waals surface area contributed by atoms with Crippen LogP contribution in [-0.2, 0) is 26.0 Å². The van der Waals surface area contributed by atoms with Crippen LogP contribution in [0.5, 0.6) is 0 Å². The van der Waals surface area contributed by atoms with Crippen molar-refractivity contribution in [2.45, 2.75) is 69.4 Å². The topological polar surface area (TPSA) is 104 Å². The van der Waals surface area contributed by atoms with E-state index in [2.05, 4.69) is 15.4 Å². The van der Waals surface area contributed by atoms with Gasteiger partial charge in [-0.05, 0) is 50.8 Å². The fourth-order valence-electron chi connectivity index (χ4n) is 3.11. The molecule has 0 unspecified atom stereocenters. The Kier molecular flexibility index (Phi) is 7.79. The largest absolute Gasteiger partial charge is 0.348 e. The minimum absolute atomic E-state index is 0.103. The molecule has 0 atom stereocenters. The second kappa shape index (κ2) is 9.85. The molecule has 7 nitrogen and oxygen atoms in total. The highest BCUT2D eigenvalue weighted by Gasteiger charge is 2.20. The molecule has 0 bridgehead atoms. The first-order chi connectivity index (χ1) is 12.8. The van der Waals surface area contributed by atoms with Crippen LogP contribution in [0.4, 0.5) is 0 Å². The van der Waals surface area contributed by atoms with Crippen molar-refractivity contribution in [1.82, 2.24) is 15.4 Å². The van der Waals surface area contributed by atoms with Gasteiger partial charge in [-0.1, -0.05) is 31.4 Å². The van der Waals surface area contributed by atoms with Crippen LogP contribution >= 0.6 is 0 Å². The Morgan fingerprint density at radius 1 is 1.04 bits per heavy atom. The molecule has 0 aliphatic heterocycles. The van der Waals surface area contributed by atoms with E-state index in [9.17, 15) is 18.0 Å². The normalized spacial score (nSPS) is 15.5. The fourth-order valence-corrected chi connectivity index (χ4v) is 4.36. The van der Waals surface area contributed by atoms with Gasteiger partial charge < -0.3 is 10.6 Å². The number of amides is 2. The van der Waals surface area contributed by atoms with Crippen molar-refractivity contribution < 1.29 is 18.0 Å². The van der Waals surface area contributed by atoms with E-state index in [4.69, 9.17) is 0 Å². The first-order valence-corrected chi connectivity index (χ1v) is 11.0. The number of carbonyl (C=O) groups is 2. The molecule has 27 heavy (non-hydrogen) atoms. The van der Waals surface area contributed by atoms with Gasteiger partial charge in [0.05, 0.1) is 4.90 Å². The maximum absolute atomic E-state index is 12.1. The summed E-state index contributed by atoms with van der Waals surface area (Å²) in [5.74, 6) is -1.20. The smallest absolute Gasteiger partial charge is 0.309 e. The Bertz CT molecular complexity index is 739. The third kappa shape index (κ3) is 6.95. The highest BCUT2D eigenvalue weighted by molar-refractivity contribution is 7.89. The van der Waals surface area contributed by atoms with Gasteiger partial charge in [-0.2, -0.15) is 0 Å². The average Bonchev–Trinajstić information content (AvgIpc) is 2.62. The second-order valence-corrected chi connectivity index (χ2v) is 8.95. The summed E-state index contributed by atoms with van der Waals surface area (Å²) >= 11 is 0. The maximum Gasteiger partial charge on any atom is 0.309 e. The van der Waals surface area contributed by atoms with Crippen molar-refractivity contribution in [2.24, 2.45) is 0 Å². The summed E-state index contributed by atoms with van der Waals surface area (Å²) in [6.45, 7) is 3.84. The summed E-state index contributed by atoms with van der Waals surface area (Å²) < 4.78 is 26.7. The van der Waals surface area contributed by atoms with Crippen LogP contribution in [0.2, 0.25) is 0 Å². The Hall–Kier alpha value is -1.93. The lowest BCUT2D eigenvalue weighted by Crippen LogP contribution is -2.45. The lowest BCUT2D eigenvalue weighted by molar-refractivity contribution is -0.139. The van der Waals surface area contributed by atoms with E-state index in [1.165, 1.54) is 18.6 Å². The Morgan fingerprint density at radius 2 is 1.67 bits per heavy atom. The van der Waals surface area contributed by atoms with Gasteiger partial charge in [0.2, 0.25) is 10.0 Å². The summed E-state index contributed by atoms with van der Waals surface area (Å²) in [4.78, 5) is 24.0. The van der Waals surface area contributed by atoms with Crippen molar-refractivity contribution >= 4 is 21.8 Å². The van der Waals surface area contributed by atoms with Crippen molar-refractivity contribution in [1.29, 1.82) is 0 Å². The quantitative estimate of drug-likeness (QED) is 0.608. The molecule has 1 aliphatic rings. The zero-order valence-corrected chi connectivity index (χ0v) is 16.8. The number of nitrogens with one attached hydrogen (secondary N) is 3. The molecular weight excluding hydrogens is 366 g/mol. The van der Waals surface area contributed by atoms with Crippen molar-refractivity contribution in [3.8, 4) is 0 Å². The van der Waals surface area contributed by atoms with Gasteiger partial charge in [-0.15, -0.1) is 0 Å². The van der Waals surface area contributed by atoms with E-state index < -0.39 is 21.8 Å². The predicted molar refractivity (Wildman–Crippen MR) is 104 cm³/mol. The van der Waals surface area contributed by atoms with Crippen LogP contribution in [0, 0.1) is 0 Å². The summed E-state index contributed by atoms with van der Waals surface area (Å²) in [6, 6.07) is 6.43. The van der Waals surface area contributed by atoms with E-state index in [0.29, 0.717) is 13.0 Å². The number of rotatable bonds is 7. The van der Waals surface area contributed by atoms with E-state index in [0.717, 1.165) is 31.2 Å². The van der Waals surface area contributed by atoms with E-state index in [1.54, 1.807) is 26.0 Å². The van der Waals surface area contributed by atoms with Gasteiger partial charge >= 0.3 is 11.8 Å². The SMILES string of the molecule is CC(C)NS(=O)(=O)c1ccc(CCNC(=O)C(=O)NC2CCCCC2)cc1. The van der Waals surface area contributed by atoms with Crippen LogP contribution in [0.25, 0.3) is 0 Å². The molecule has 0 spiro atoms. The zero-order valence-electron chi connectivity index (χ0n) is 16.0. The minimum atomic E-state index is -3.51. The van der Waals surface area contributed by atoms with E-state index in [-0.39, 0.29) is 17.0 Å². The van der Waals surface area contributed by atoms with Gasteiger partial charge in [0.25, 0.3) is 0 Å². The lowest BCUT2D eigenvalue weighted by atomic mass is 9.95. The molecule has 8 heteroatoms. The first kappa shape index (κ1) is 21.4. The summed E-state index contributed by atoms with van der Waals surface area (Å²) in [7, 11) is -3.51. The van der Waals surface area contributed by atoms with Crippen molar-refractivity contribution in [3.63, 3.8) is 0 Å². The Balaban J connectivity index is 1.77. The standard InChI is InChI=1S/C19H29N3O4S/c1-14(2)22-27(25,26)17-10-8-15(9-11-17)12-13-20-18(23)19(24)21-16-6-4-3-5-7-16/h8-11,14,16,22H,3-7,12-13H2,1-2H3,(H,20,23)(H,21,24). The third-order valence-electron chi connectivity index (χ3n) is 4.47. The molecule has 0 radical (unpaired) electrons. The average molecular weight is 396 g/mol. The van der Waals surface area contributed by atoms with Gasteiger partial charge in [0.1, 0.15) is 0 Å². The molecule has 0 saturated heterocycles. The molecule has 0 heterocycles. The van der Waals surface area contributed by atoms with Crippen LogP contribution in [0.3, 0.4) is 0 Å². The number of hydrogen-bond donors (Lipinski definition) is 3. The van der Waals surface area contributed by atoms with Gasteiger partial charge in [-0.25, -0.2) is 13.1 Å². The minimum Gasteiger partial charge on any atom is -0.348 e. The molecular formula is C19H29N3O4S. The monoisotopic (exact) mass is 395 g/mol. The van der Waals surface area contributed by atoms with E-state index in [1.807, 2.05) is 0 Å². The summed E-state index contributed by atoms with van der Waals surface area (Å²) in [5, 5.41) is 5.39. The number of benzene rings is 1. The van der Waals surface area contributed by atoms with Crippen molar-refractivity contribution in [2.75, 3.05) is 6.54 Å². The Labute approximate surface area is 161 Å². The molecule has 1 fully saturated rings. The van der Waals surface area contributed by atoms with Crippen LogP contribution in [0.1, 0.15) is 51.5 Å². The molecule has 150 valence electrons. The lowest BCUT2D eigenvalue weighted by Gasteiger charge is -2.22. The molecule has 1 saturated carbocycles. The number of hydrogen-bond acceptors (Lipinski definition) is 4. The first-order valence-electron chi connectivity index (χ1n) is 9.48. The molecule has 0 aromatic heterocycles. The predicted octanol–water partition coefficient (Wildman–Crippen LogP) is 1.48. The molecule has 3 N–H and O–H groups in total. The van der Waals surface area contributed by atoms with E-state index >= 15 is 0 Å². The molecule has 1 aromatic rings. The highest BCUT2D eigenvalue weighted by atomic mass is 32.2. The van der Waals surface area contributed by atoms with Crippen LogP contribution < -0.4 is 15.4 Å². The maximum atomic E-state index is 12.1. The highest BCUT2D eigenvalue weighted by Crippen LogP contribution is 2.17. The van der Waals surface area contributed by atoms with Crippen LogP contribution in [0.15, 0.2) is 29.2 Å². The zero-order chi connectivity index (χ0) is 19.9. The molecule has 1 aromatic carbocycles.